The smallest absolute Gasteiger partial charge is 0.165 e. The number of nitrogens with zero attached hydrogens (tertiary/aromatic N) is 8. The third-order valence-corrected chi connectivity index (χ3v) is 4.54. The SMILES string of the molecule is COc1cc(-n2cnnn2)cc(-n2ccnc2-c2cc3n(n2)CCNC3)c1.Cl. The van der Waals surface area contributed by atoms with Crippen LogP contribution in [0.25, 0.3) is 22.9 Å². The van der Waals surface area contributed by atoms with Crippen molar-refractivity contribution in [1.82, 2.24) is 44.9 Å². The monoisotopic (exact) mass is 399 g/mol. The Hall–Kier alpha value is -3.24. The molecule has 0 aliphatic carbocycles. The standard InChI is InChI=1S/C17H17N9O.ClH/c1-27-15-7-12(6-13(8-15)26-11-20-22-23-26)24-4-3-19-17(24)16-9-14-10-18-2-5-25(14)21-16;/h3-4,6-9,11,18H,2,5,10H2,1H3;1H. The highest BCUT2D eigenvalue weighted by Gasteiger charge is 2.17. The summed E-state index contributed by atoms with van der Waals surface area (Å²) in [6, 6.07) is 7.86. The minimum Gasteiger partial charge on any atom is -0.497 e. The molecule has 4 aromatic rings. The molecule has 0 amide bonds. The number of fused-ring (bicyclic) bond motifs is 1. The molecule has 1 aliphatic heterocycles. The maximum atomic E-state index is 5.46. The fraction of sp³-hybridized carbons (Fsp3) is 0.235. The molecule has 1 aromatic carbocycles. The lowest BCUT2D eigenvalue weighted by Gasteiger charge is -2.13. The number of ether oxygens (including phenoxy) is 1. The average Bonchev–Trinajstić information content (AvgIpc) is 3.47. The van der Waals surface area contributed by atoms with Crippen molar-refractivity contribution in [3.8, 4) is 28.6 Å². The van der Waals surface area contributed by atoms with E-state index in [1.807, 2.05) is 33.6 Å². The van der Waals surface area contributed by atoms with Gasteiger partial charge in [0.05, 0.1) is 30.7 Å². The van der Waals surface area contributed by atoms with E-state index in [1.165, 1.54) is 0 Å². The molecule has 0 fully saturated rings. The Morgan fingerprint density at radius 3 is 2.82 bits per heavy atom. The lowest BCUT2D eigenvalue weighted by Crippen LogP contribution is -2.28. The summed E-state index contributed by atoms with van der Waals surface area (Å²) in [5.74, 6) is 1.47. The van der Waals surface area contributed by atoms with Crippen molar-refractivity contribution in [2.45, 2.75) is 13.1 Å². The average molecular weight is 400 g/mol. The van der Waals surface area contributed by atoms with Crippen molar-refractivity contribution < 1.29 is 4.74 Å². The summed E-state index contributed by atoms with van der Waals surface area (Å²) in [6.07, 6.45) is 5.22. The molecule has 0 spiro atoms. The Labute approximate surface area is 166 Å². The molecule has 0 bridgehead atoms. The van der Waals surface area contributed by atoms with Crippen LogP contribution in [0.1, 0.15) is 5.69 Å². The molecule has 11 heteroatoms. The van der Waals surface area contributed by atoms with E-state index in [0.29, 0.717) is 5.75 Å². The van der Waals surface area contributed by atoms with Gasteiger partial charge in [-0.25, -0.2) is 9.67 Å². The molecule has 0 radical (unpaired) electrons. The molecule has 28 heavy (non-hydrogen) atoms. The minimum absolute atomic E-state index is 0. The van der Waals surface area contributed by atoms with E-state index in [2.05, 4.69) is 31.9 Å². The molecule has 10 nitrogen and oxygen atoms in total. The van der Waals surface area contributed by atoms with Crippen LogP contribution in [-0.2, 0) is 13.1 Å². The first-order valence-electron chi connectivity index (χ1n) is 8.56. The van der Waals surface area contributed by atoms with Crippen LogP contribution in [0.4, 0.5) is 0 Å². The fourth-order valence-electron chi connectivity index (χ4n) is 3.24. The zero-order valence-corrected chi connectivity index (χ0v) is 15.9. The number of hydrogen-bond donors (Lipinski definition) is 1. The van der Waals surface area contributed by atoms with Gasteiger partial charge in [0, 0.05) is 37.6 Å². The van der Waals surface area contributed by atoms with E-state index in [0.717, 1.165) is 48.2 Å². The third-order valence-electron chi connectivity index (χ3n) is 4.54. The van der Waals surface area contributed by atoms with Crippen molar-refractivity contribution in [2.75, 3.05) is 13.7 Å². The molecule has 144 valence electrons. The van der Waals surface area contributed by atoms with Crippen molar-refractivity contribution in [2.24, 2.45) is 0 Å². The molecule has 0 atom stereocenters. The van der Waals surface area contributed by atoms with Gasteiger partial charge in [-0.05, 0) is 22.6 Å². The van der Waals surface area contributed by atoms with E-state index >= 15 is 0 Å². The number of methoxy groups -OCH3 is 1. The molecular formula is C17H18ClN9O. The molecule has 1 N–H and O–H groups in total. The Morgan fingerprint density at radius 2 is 2.04 bits per heavy atom. The van der Waals surface area contributed by atoms with Crippen molar-refractivity contribution in [1.29, 1.82) is 0 Å². The first kappa shape index (κ1) is 18.1. The van der Waals surface area contributed by atoms with Gasteiger partial charge in [0.2, 0.25) is 0 Å². The Kier molecular flexibility index (Phi) is 4.80. The van der Waals surface area contributed by atoms with Crippen molar-refractivity contribution in [3.63, 3.8) is 0 Å². The van der Waals surface area contributed by atoms with Crippen molar-refractivity contribution in [3.05, 3.63) is 48.7 Å². The highest BCUT2D eigenvalue weighted by Crippen LogP contribution is 2.27. The van der Waals surface area contributed by atoms with Crippen LogP contribution < -0.4 is 10.1 Å². The van der Waals surface area contributed by atoms with Crippen LogP contribution in [0.2, 0.25) is 0 Å². The van der Waals surface area contributed by atoms with Gasteiger partial charge in [0.15, 0.2) is 5.82 Å². The normalized spacial score (nSPS) is 13.0. The van der Waals surface area contributed by atoms with Crippen LogP contribution in [0.15, 0.2) is 43.0 Å². The summed E-state index contributed by atoms with van der Waals surface area (Å²) in [5, 5.41) is 19.4. The molecule has 3 aromatic heterocycles. The lowest BCUT2D eigenvalue weighted by atomic mass is 10.2. The summed E-state index contributed by atoms with van der Waals surface area (Å²) >= 11 is 0. The Morgan fingerprint density at radius 1 is 1.14 bits per heavy atom. The van der Waals surface area contributed by atoms with Crippen molar-refractivity contribution >= 4 is 12.4 Å². The number of halogens is 1. The quantitative estimate of drug-likeness (QED) is 0.551. The van der Waals surface area contributed by atoms with Crippen LogP contribution in [0, 0.1) is 0 Å². The first-order valence-corrected chi connectivity index (χ1v) is 8.56. The molecule has 0 unspecified atom stereocenters. The van der Waals surface area contributed by atoms with Gasteiger partial charge in [-0.15, -0.1) is 17.5 Å². The van der Waals surface area contributed by atoms with Crippen LogP contribution in [-0.4, -0.2) is 53.2 Å². The molecular weight excluding hydrogens is 382 g/mol. The summed E-state index contributed by atoms with van der Waals surface area (Å²) in [5.41, 5.74) is 3.68. The molecule has 4 heterocycles. The Balaban J connectivity index is 0.00000192. The zero-order valence-electron chi connectivity index (χ0n) is 15.1. The summed E-state index contributed by atoms with van der Waals surface area (Å²) in [4.78, 5) is 4.53. The number of aromatic nitrogens is 8. The van der Waals surface area contributed by atoms with Crippen LogP contribution in [0.3, 0.4) is 0 Å². The second-order valence-corrected chi connectivity index (χ2v) is 6.19. The minimum atomic E-state index is 0. The van der Waals surface area contributed by atoms with Crippen LogP contribution >= 0.6 is 12.4 Å². The van der Waals surface area contributed by atoms with Gasteiger partial charge >= 0.3 is 0 Å². The topological polar surface area (TPSA) is 101 Å². The van der Waals surface area contributed by atoms with E-state index in [-0.39, 0.29) is 12.4 Å². The van der Waals surface area contributed by atoms with Gasteiger partial charge in [-0.3, -0.25) is 9.25 Å². The van der Waals surface area contributed by atoms with Gasteiger partial charge in [0.25, 0.3) is 0 Å². The highest BCUT2D eigenvalue weighted by atomic mass is 35.5. The second-order valence-electron chi connectivity index (χ2n) is 6.19. The first-order chi connectivity index (χ1) is 13.3. The van der Waals surface area contributed by atoms with Crippen LogP contribution in [0.5, 0.6) is 5.75 Å². The maximum Gasteiger partial charge on any atom is 0.165 e. The summed E-state index contributed by atoms with van der Waals surface area (Å²) < 4.78 is 11.1. The number of hydrogen-bond acceptors (Lipinski definition) is 7. The number of nitrogens with one attached hydrogen (secondary N) is 1. The van der Waals surface area contributed by atoms with E-state index in [4.69, 9.17) is 9.84 Å². The number of imidazole rings is 1. The number of rotatable bonds is 4. The molecule has 1 aliphatic rings. The predicted molar refractivity (Wildman–Crippen MR) is 103 cm³/mol. The third kappa shape index (κ3) is 3.12. The zero-order chi connectivity index (χ0) is 18.2. The Bertz CT molecular complexity index is 1060. The largest absolute Gasteiger partial charge is 0.497 e. The van der Waals surface area contributed by atoms with E-state index in [1.54, 1.807) is 24.3 Å². The highest BCUT2D eigenvalue weighted by molar-refractivity contribution is 5.85. The summed E-state index contributed by atoms with van der Waals surface area (Å²) in [7, 11) is 1.63. The van der Waals surface area contributed by atoms with Gasteiger partial charge in [-0.2, -0.15) is 5.10 Å². The molecule has 0 saturated heterocycles. The van der Waals surface area contributed by atoms with Gasteiger partial charge in [-0.1, -0.05) is 0 Å². The van der Waals surface area contributed by atoms with E-state index in [9.17, 15) is 0 Å². The number of benzene rings is 1. The second kappa shape index (κ2) is 7.41. The predicted octanol–water partition coefficient (Wildman–Crippen LogP) is 1.25. The fourth-order valence-corrected chi connectivity index (χ4v) is 3.24. The number of tetrazole rings is 1. The van der Waals surface area contributed by atoms with E-state index < -0.39 is 0 Å². The maximum absolute atomic E-state index is 5.46. The van der Waals surface area contributed by atoms with Gasteiger partial charge in [0.1, 0.15) is 17.8 Å². The molecule has 0 saturated carbocycles. The van der Waals surface area contributed by atoms with Gasteiger partial charge < -0.3 is 10.1 Å². The lowest BCUT2D eigenvalue weighted by molar-refractivity contribution is 0.414. The summed E-state index contributed by atoms with van der Waals surface area (Å²) in [6.45, 7) is 2.60. The molecule has 5 rings (SSSR count).